The number of carbonyl (C=O) groups is 2. The van der Waals surface area contributed by atoms with E-state index >= 15 is 0 Å². The lowest BCUT2D eigenvalue weighted by Crippen LogP contribution is -2.21. The van der Waals surface area contributed by atoms with Gasteiger partial charge in [-0.25, -0.2) is 4.79 Å². The molecule has 8 nitrogen and oxygen atoms in total. The van der Waals surface area contributed by atoms with E-state index in [-0.39, 0.29) is 22.0 Å². The number of ether oxygens (including phenoxy) is 5. The van der Waals surface area contributed by atoms with E-state index < -0.39 is 25.1 Å². The number of carbonyl (C=O) groups excluding carboxylic acids is 2. The van der Waals surface area contributed by atoms with Crippen molar-refractivity contribution in [3.05, 3.63) is 40.9 Å². The Morgan fingerprint density at radius 1 is 0.939 bits per heavy atom. The topological polar surface area (TPSA) is 92.3 Å². The molecule has 0 aliphatic heterocycles. The average Bonchev–Trinajstić information content (AvgIpc) is 2.76. The fourth-order valence-electron chi connectivity index (χ4n) is 2.69. The third kappa shape index (κ3) is 7.67. The minimum Gasteiger partial charge on any atom is -0.490 e. The SMILES string of the molecule is CCOc1cc(C(=O)OCC(=O)Nc2ccc(OC(F)F)c(Cl)c2)cc(OCC)c1OCC. The first-order valence-corrected chi connectivity index (χ1v) is 10.4. The predicted molar refractivity (Wildman–Crippen MR) is 117 cm³/mol. The Kier molecular flexibility index (Phi) is 9.99. The maximum Gasteiger partial charge on any atom is 0.387 e. The molecule has 0 radical (unpaired) electrons. The summed E-state index contributed by atoms with van der Waals surface area (Å²) >= 11 is 5.85. The van der Waals surface area contributed by atoms with Gasteiger partial charge in [-0.1, -0.05) is 11.6 Å². The van der Waals surface area contributed by atoms with Crippen molar-refractivity contribution in [2.24, 2.45) is 0 Å². The molecule has 2 aromatic carbocycles. The summed E-state index contributed by atoms with van der Waals surface area (Å²) in [5.74, 6) is -0.699. The third-order valence-electron chi connectivity index (χ3n) is 3.91. The zero-order chi connectivity index (χ0) is 24.4. The minimum absolute atomic E-state index is 0.106. The maximum atomic E-state index is 12.5. The second-order valence-corrected chi connectivity index (χ2v) is 6.66. The molecule has 0 aromatic heterocycles. The summed E-state index contributed by atoms with van der Waals surface area (Å²) in [6.07, 6.45) is 0. The van der Waals surface area contributed by atoms with Crippen LogP contribution < -0.4 is 24.3 Å². The van der Waals surface area contributed by atoms with E-state index in [9.17, 15) is 18.4 Å². The monoisotopic (exact) mass is 487 g/mol. The lowest BCUT2D eigenvalue weighted by atomic mass is 10.2. The van der Waals surface area contributed by atoms with Crippen molar-refractivity contribution in [3.63, 3.8) is 0 Å². The van der Waals surface area contributed by atoms with Crippen LogP contribution in [0.2, 0.25) is 5.02 Å². The summed E-state index contributed by atoms with van der Waals surface area (Å²) in [4.78, 5) is 24.7. The van der Waals surface area contributed by atoms with Gasteiger partial charge in [0.05, 0.1) is 30.4 Å². The molecule has 180 valence electrons. The number of hydrogen-bond donors (Lipinski definition) is 1. The van der Waals surface area contributed by atoms with E-state index in [4.69, 9.17) is 30.5 Å². The molecule has 0 bridgehead atoms. The molecule has 2 aromatic rings. The van der Waals surface area contributed by atoms with Crippen molar-refractivity contribution in [1.29, 1.82) is 0 Å². The number of esters is 1. The molecule has 0 saturated heterocycles. The Bertz CT molecular complexity index is 945. The smallest absolute Gasteiger partial charge is 0.387 e. The molecule has 1 amide bonds. The van der Waals surface area contributed by atoms with Crippen molar-refractivity contribution in [2.75, 3.05) is 31.7 Å². The Balaban J connectivity index is 2.07. The van der Waals surface area contributed by atoms with Gasteiger partial charge < -0.3 is 29.0 Å². The number of alkyl halides is 2. The summed E-state index contributed by atoms with van der Waals surface area (Å²) in [5, 5.41) is 2.33. The van der Waals surface area contributed by atoms with Crippen LogP contribution in [0.3, 0.4) is 0 Å². The molecule has 0 heterocycles. The van der Waals surface area contributed by atoms with Crippen LogP contribution in [0.25, 0.3) is 0 Å². The van der Waals surface area contributed by atoms with Crippen LogP contribution >= 0.6 is 11.6 Å². The summed E-state index contributed by atoms with van der Waals surface area (Å²) in [6.45, 7) is 2.76. The summed E-state index contributed by atoms with van der Waals surface area (Å²) < 4.78 is 50.6. The molecule has 1 N–H and O–H groups in total. The Hall–Kier alpha value is -3.27. The van der Waals surface area contributed by atoms with Crippen molar-refractivity contribution in [3.8, 4) is 23.0 Å². The molecule has 33 heavy (non-hydrogen) atoms. The van der Waals surface area contributed by atoms with Gasteiger partial charge in [0.2, 0.25) is 5.75 Å². The van der Waals surface area contributed by atoms with Gasteiger partial charge in [-0.3, -0.25) is 4.79 Å². The molecule has 0 aliphatic carbocycles. The summed E-state index contributed by atoms with van der Waals surface area (Å²) in [7, 11) is 0. The quantitative estimate of drug-likeness (QED) is 0.424. The minimum atomic E-state index is -3.03. The van der Waals surface area contributed by atoms with Gasteiger partial charge in [0.15, 0.2) is 18.1 Å². The first-order chi connectivity index (χ1) is 15.8. The third-order valence-corrected chi connectivity index (χ3v) is 4.21. The number of nitrogens with one attached hydrogen (secondary N) is 1. The van der Waals surface area contributed by atoms with Crippen molar-refractivity contribution in [2.45, 2.75) is 27.4 Å². The second kappa shape index (κ2) is 12.7. The predicted octanol–water partition coefficient (Wildman–Crippen LogP) is 4.93. The molecular formula is C22H24ClF2NO7. The number of hydrogen-bond acceptors (Lipinski definition) is 7. The van der Waals surface area contributed by atoms with Gasteiger partial charge in [-0.2, -0.15) is 8.78 Å². The molecule has 0 atom stereocenters. The zero-order valence-electron chi connectivity index (χ0n) is 18.3. The first kappa shape index (κ1) is 26.0. The Labute approximate surface area is 194 Å². The normalized spacial score (nSPS) is 10.5. The van der Waals surface area contributed by atoms with E-state index in [0.29, 0.717) is 37.1 Å². The van der Waals surface area contributed by atoms with E-state index in [2.05, 4.69) is 10.1 Å². The lowest BCUT2D eigenvalue weighted by Gasteiger charge is -2.16. The van der Waals surface area contributed by atoms with Crippen LogP contribution in [-0.4, -0.2) is 44.9 Å². The number of rotatable bonds is 12. The van der Waals surface area contributed by atoms with Gasteiger partial charge in [0.1, 0.15) is 5.75 Å². The van der Waals surface area contributed by atoms with Crippen LogP contribution in [-0.2, 0) is 9.53 Å². The molecule has 0 unspecified atom stereocenters. The van der Waals surface area contributed by atoms with Crippen LogP contribution in [0, 0.1) is 0 Å². The maximum absolute atomic E-state index is 12.5. The van der Waals surface area contributed by atoms with E-state index in [1.807, 2.05) is 0 Å². The first-order valence-electron chi connectivity index (χ1n) is 10.1. The van der Waals surface area contributed by atoms with Gasteiger partial charge in [0, 0.05) is 5.69 Å². The average molecular weight is 488 g/mol. The molecule has 0 saturated carbocycles. The largest absolute Gasteiger partial charge is 0.490 e. The van der Waals surface area contributed by atoms with Gasteiger partial charge in [-0.05, 0) is 51.1 Å². The van der Waals surface area contributed by atoms with Crippen molar-refractivity contribution >= 4 is 29.2 Å². The standard InChI is InChI=1S/C22H24ClF2NO7/c1-4-29-17-9-13(10-18(30-5-2)20(17)31-6-3)21(28)32-12-19(27)26-14-7-8-16(15(23)11-14)33-22(24)25/h7-11,22H,4-6,12H2,1-3H3,(H,26,27). The number of halogens is 3. The molecule has 0 aliphatic rings. The van der Waals surface area contributed by atoms with E-state index in [1.165, 1.54) is 30.3 Å². The number of amides is 1. The van der Waals surface area contributed by atoms with E-state index in [0.717, 1.165) is 0 Å². The molecule has 0 spiro atoms. The van der Waals surface area contributed by atoms with Crippen LogP contribution in [0.15, 0.2) is 30.3 Å². The number of anilines is 1. The second-order valence-electron chi connectivity index (χ2n) is 6.25. The number of benzene rings is 2. The fraction of sp³-hybridized carbons (Fsp3) is 0.364. The molecule has 2 rings (SSSR count). The van der Waals surface area contributed by atoms with Gasteiger partial charge in [0.25, 0.3) is 5.91 Å². The fourth-order valence-corrected chi connectivity index (χ4v) is 2.91. The van der Waals surface area contributed by atoms with Gasteiger partial charge in [-0.15, -0.1) is 0 Å². The molecule has 0 fully saturated rings. The highest BCUT2D eigenvalue weighted by atomic mass is 35.5. The van der Waals surface area contributed by atoms with Crippen LogP contribution in [0.5, 0.6) is 23.0 Å². The Morgan fingerprint density at radius 3 is 2.06 bits per heavy atom. The highest BCUT2D eigenvalue weighted by Crippen LogP contribution is 2.39. The Morgan fingerprint density at radius 2 is 1.55 bits per heavy atom. The summed E-state index contributed by atoms with van der Waals surface area (Å²) in [6, 6.07) is 6.62. The highest BCUT2D eigenvalue weighted by Gasteiger charge is 2.20. The van der Waals surface area contributed by atoms with Crippen LogP contribution in [0.4, 0.5) is 14.5 Å². The van der Waals surface area contributed by atoms with Crippen molar-refractivity contribution < 1.29 is 42.1 Å². The van der Waals surface area contributed by atoms with Crippen LogP contribution in [0.1, 0.15) is 31.1 Å². The summed E-state index contributed by atoms with van der Waals surface area (Å²) in [5.41, 5.74) is 0.315. The zero-order valence-corrected chi connectivity index (χ0v) is 19.0. The highest BCUT2D eigenvalue weighted by molar-refractivity contribution is 6.32. The van der Waals surface area contributed by atoms with E-state index in [1.54, 1.807) is 20.8 Å². The lowest BCUT2D eigenvalue weighted by molar-refractivity contribution is -0.119. The molecular weight excluding hydrogens is 464 g/mol. The molecule has 11 heteroatoms. The van der Waals surface area contributed by atoms with Crippen molar-refractivity contribution in [1.82, 2.24) is 0 Å². The van der Waals surface area contributed by atoms with Gasteiger partial charge >= 0.3 is 12.6 Å².